The Balaban J connectivity index is 2.23. The van der Waals surface area contributed by atoms with Crippen molar-refractivity contribution in [2.24, 2.45) is 0 Å². The minimum Gasteiger partial charge on any atom is -0.294 e. The summed E-state index contributed by atoms with van der Waals surface area (Å²) in [7, 11) is 0. The number of rotatable bonds is 3. The fourth-order valence-electron chi connectivity index (χ4n) is 1.86. The number of ketones is 1. The Hall–Kier alpha value is -1.52. The van der Waals surface area contributed by atoms with Crippen molar-refractivity contribution < 1.29 is 18.0 Å². The summed E-state index contributed by atoms with van der Waals surface area (Å²) in [5.41, 5.74) is -0.229. The second-order valence-corrected chi connectivity index (χ2v) is 5.33. The fraction of sp³-hybridized carbons (Fsp3) is 0.133. The highest BCUT2D eigenvalue weighted by atomic mass is 35.5. The second kappa shape index (κ2) is 6.08. The number of carbonyl (C=O) groups is 1. The zero-order chi connectivity index (χ0) is 15.6. The third kappa shape index (κ3) is 4.22. The molecule has 0 heterocycles. The SMILES string of the molecule is O=C(Cc1cccc(C(F)(F)F)c1)c1cc(Cl)cc(Cl)c1. The van der Waals surface area contributed by atoms with E-state index in [0.29, 0.717) is 10.0 Å². The van der Waals surface area contributed by atoms with Crippen LogP contribution in [0.15, 0.2) is 42.5 Å². The molecule has 0 amide bonds. The quantitative estimate of drug-likeness (QED) is 0.684. The van der Waals surface area contributed by atoms with E-state index in [9.17, 15) is 18.0 Å². The molecule has 0 spiro atoms. The molecule has 0 aliphatic heterocycles. The number of hydrogen-bond donors (Lipinski definition) is 0. The molecule has 0 aliphatic rings. The van der Waals surface area contributed by atoms with Crippen molar-refractivity contribution in [2.45, 2.75) is 12.6 Å². The van der Waals surface area contributed by atoms with Gasteiger partial charge in [-0.2, -0.15) is 13.2 Å². The molecule has 21 heavy (non-hydrogen) atoms. The van der Waals surface area contributed by atoms with Crippen LogP contribution in [0.5, 0.6) is 0 Å². The Bertz CT molecular complexity index is 661. The van der Waals surface area contributed by atoms with Crippen LogP contribution in [-0.2, 0) is 12.6 Å². The lowest BCUT2D eigenvalue weighted by atomic mass is 10.0. The normalized spacial score (nSPS) is 11.5. The Labute approximate surface area is 129 Å². The number of carbonyl (C=O) groups excluding carboxylic acids is 1. The molecule has 0 aliphatic carbocycles. The van der Waals surface area contributed by atoms with E-state index in [1.54, 1.807) is 0 Å². The maximum Gasteiger partial charge on any atom is 0.416 e. The van der Waals surface area contributed by atoms with E-state index < -0.39 is 11.7 Å². The van der Waals surface area contributed by atoms with Crippen LogP contribution in [0.2, 0.25) is 10.0 Å². The van der Waals surface area contributed by atoms with Gasteiger partial charge >= 0.3 is 6.18 Å². The summed E-state index contributed by atoms with van der Waals surface area (Å²) in [5.74, 6) is -0.348. The predicted molar refractivity (Wildman–Crippen MR) is 75.9 cm³/mol. The summed E-state index contributed by atoms with van der Waals surface area (Å²) < 4.78 is 37.8. The van der Waals surface area contributed by atoms with Gasteiger partial charge in [0.25, 0.3) is 0 Å². The first-order valence-electron chi connectivity index (χ1n) is 5.91. The van der Waals surface area contributed by atoms with Gasteiger partial charge in [0.2, 0.25) is 0 Å². The minimum atomic E-state index is -4.43. The molecule has 1 nitrogen and oxygen atoms in total. The molecule has 0 radical (unpaired) electrons. The highest BCUT2D eigenvalue weighted by Crippen LogP contribution is 2.30. The molecule has 0 aromatic heterocycles. The summed E-state index contributed by atoms with van der Waals surface area (Å²) in [6, 6.07) is 9.01. The molecule has 110 valence electrons. The van der Waals surface area contributed by atoms with Gasteiger partial charge in [-0.05, 0) is 29.8 Å². The first-order valence-corrected chi connectivity index (χ1v) is 6.67. The monoisotopic (exact) mass is 332 g/mol. The maximum absolute atomic E-state index is 12.6. The number of benzene rings is 2. The molecule has 0 saturated heterocycles. The van der Waals surface area contributed by atoms with Crippen molar-refractivity contribution in [2.75, 3.05) is 0 Å². The van der Waals surface area contributed by atoms with E-state index in [4.69, 9.17) is 23.2 Å². The van der Waals surface area contributed by atoms with Gasteiger partial charge in [-0.15, -0.1) is 0 Å². The second-order valence-electron chi connectivity index (χ2n) is 4.46. The smallest absolute Gasteiger partial charge is 0.294 e. The zero-order valence-corrected chi connectivity index (χ0v) is 12.1. The highest BCUT2D eigenvalue weighted by Gasteiger charge is 2.30. The van der Waals surface area contributed by atoms with Crippen molar-refractivity contribution in [3.05, 3.63) is 69.2 Å². The van der Waals surface area contributed by atoms with Gasteiger partial charge in [-0.3, -0.25) is 4.79 Å². The molecular formula is C15H9Cl2F3O. The van der Waals surface area contributed by atoms with Crippen LogP contribution in [-0.4, -0.2) is 5.78 Å². The van der Waals surface area contributed by atoms with Crippen LogP contribution < -0.4 is 0 Å². The van der Waals surface area contributed by atoms with Gasteiger partial charge in [0.05, 0.1) is 5.56 Å². The Kier molecular flexibility index (Phi) is 4.59. The standard InChI is InChI=1S/C15H9Cl2F3O/c16-12-6-10(7-13(17)8-12)14(21)5-9-2-1-3-11(4-9)15(18,19)20/h1-4,6-8H,5H2. The van der Waals surface area contributed by atoms with E-state index in [0.717, 1.165) is 12.1 Å². The Morgan fingerprint density at radius 1 is 1.00 bits per heavy atom. The van der Waals surface area contributed by atoms with E-state index in [2.05, 4.69) is 0 Å². The molecular weight excluding hydrogens is 324 g/mol. The van der Waals surface area contributed by atoms with Gasteiger partial charge < -0.3 is 0 Å². The average Bonchev–Trinajstić information content (AvgIpc) is 2.37. The number of halogens is 5. The Morgan fingerprint density at radius 3 is 2.19 bits per heavy atom. The lowest BCUT2D eigenvalue weighted by Crippen LogP contribution is -2.08. The number of alkyl halides is 3. The van der Waals surface area contributed by atoms with Crippen molar-refractivity contribution in [3.8, 4) is 0 Å². The van der Waals surface area contributed by atoms with Crippen LogP contribution in [0.1, 0.15) is 21.5 Å². The van der Waals surface area contributed by atoms with Crippen LogP contribution >= 0.6 is 23.2 Å². The summed E-state index contributed by atoms with van der Waals surface area (Å²) in [6.45, 7) is 0. The molecule has 0 N–H and O–H groups in total. The predicted octanol–water partition coefficient (Wildman–Crippen LogP) is 5.44. The topological polar surface area (TPSA) is 17.1 Å². The molecule has 0 atom stereocenters. The molecule has 0 bridgehead atoms. The van der Waals surface area contributed by atoms with E-state index in [1.165, 1.54) is 30.3 Å². The lowest BCUT2D eigenvalue weighted by Gasteiger charge is -2.08. The van der Waals surface area contributed by atoms with Gasteiger partial charge in [-0.25, -0.2) is 0 Å². The van der Waals surface area contributed by atoms with Gasteiger partial charge in [-0.1, -0.05) is 41.4 Å². The first kappa shape index (κ1) is 15.9. The van der Waals surface area contributed by atoms with Crippen LogP contribution in [0.3, 0.4) is 0 Å². The number of Topliss-reactive ketones (excluding diaryl/α,β-unsaturated/α-hetero) is 1. The van der Waals surface area contributed by atoms with Crippen molar-refractivity contribution >= 4 is 29.0 Å². The van der Waals surface area contributed by atoms with Crippen LogP contribution in [0.25, 0.3) is 0 Å². The highest BCUT2D eigenvalue weighted by molar-refractivity contribution is 6.35. The molecule has 0 saturated carbocycles. The Morgan fingerprint density at radius 2 is 1.62 bits per heavy atom. The molecule has 0 fully saturated rings. The van der Waals surface area contributed by atoms with Crippen molar-refractivity contribution in [3.63, 3.8) is 0 Å². The molecule has 0 unspecified atom stereocenters. The van der Waals surface area contributed by atoms with E-state index >= 15 is 0 Å². The maximum atomic E-state index is 12.6. The summed E-state index contributed by atoms with van der Waals surface area (Å²) in [5, 5.41) is 0.602. The van der Waals surface area contributed by atoms with Crippen molar-refractivity contribution in [1.29, 1.82) is 0 Å². The zero-order valence-electron chi connectivity index (χ0n) is 10.5. The lowest BCUT2D eigenvalue weighted by molar-refractivity contribution is -0.137. The fourth-order valence-corrected chi connectivity index (χ4v) is 2.39. The molecule has 2 rings (SSSR count). The van der Waals surface area contributed by atoms with E-state index in [-0.39, 0.29) is 23.3 Å². The average molecular weight is 333 g/mol. The van der Waals surface area contributed by atoms with E-state index in [1.807, 2.05) is 0 Å². The third-order valence-corrected chi connectivity index (χ3v) is 3.24. The summed E-state index contributed by atoms with van der Waals surface area (Å²) in [6.07, 6.45) is -4.58. The van der Waals surface area contributed by atoms with Gasteiger partial charge in [0.15, 0.2) is 5.78 Å². The summed E-state index contributed by atoms with van der Waals surface area (Å²) >= 11 is 11.6. The van der Waals surface area contributed by atoms with Crippen LogP contribution in [0, 0.1) is 0 Å². The van der Waals surface area contributed by atoms with Crippen LogP contribution in [0.4, 0.5) is 13.2 Å². The van der Waals surface area contributed by atoms with Crippen molar-refractivity contribution in [1.82, 2.24) is 0 Å². The number of hydrogen-bond acceptors (Lipinski definition) is 1. The molecule has 2 aromatic rings. The molecule has 2 aromatic carbocycles. The van der Waals surface area contributed by atoms with Gasteiger partial charge in [0, 0.05) is 22.0 Å². The summed E-state index contributed by atoms with van der Waals surface area (Å²) in [4.78, 5) is 12.1. The van der Waals surface area contributed by atoms with Gasteiger partial charge in [0.1, 0.15) is 0 Å². The third-order valence-electron chi connectivity index (χ3n) is 2.80. The minimum absolute atomic E-state index is 0.152. The largest absolute Gasteiger partial charge is 0.416 e. The molecule has 6 heteroatoms. The first-order chi connectivity index (χ1) is 9.75.